The molecule has 2 amide bonds. The molecule has 0 unspecified atom stereocenters. The molecule has 0 aromatic heterocycles. The summed E-state index contributed by atoms with van der Waals surface area (Å²) in [6.45, 7) is 3.30. The van der Waals surface area contributed by atoms with Crippen molar-refractivity contribution in [2.45, 2.75) is 58.4 Å². The van der Waals surface area contributed by atoms with Crippen LogP contribution in [-0.4, -0.2) is 56.7 Å². The summed E-state index contributed by atoms with van der Waals surface area (Å²) in [6.07, 6.45) is 6.67. The van der Waals surface area contributed by atoms with Crippen LogP contribution in [0.4, 0.5) is 0 Å². The number of hydrogen-bond donors (Lipinski definition) is 1. The number of ether oxygens (including phenoxy) is 3. The number of methoxy groups -OCH3 is 2. The molecule has 192 valence electrons. The summed E-state index contributed by atoms with van der Waals surface area (Å²) in [5, 5.41) is 2.88. The van der Waals surface area contributed by atoms with Crippen LogP contribution in [0.2, 0.25) is 0 Å². The summed E-state index contributed by atoms with van der Waals surface area (Å²) in [7, 11) is 3.22. The standard InChI is InChI=1S/C27H38N2O6/c1-4-35-26(32)27-15-8-6-5-7-10-23(27)29(19-20-11-13-21(34-3)14-12-20)25(31)22(27)18-24(30)28-16-9-17-33-2/h10-14,22H,4-9,15-19H2,1-3H3,(H,28,30)/b23-10+/t22-,27+/m1/s1. The third kappa shape index (κ3) is 6.04. The lowest BCUT2D eigenvalue weighted by Crippen LogP contribution is -2.42. The molecule has 1 aliphatic heterocycles. The molecule has 1 saturated heterocycles. The van der Waals surface area contributed by atoms with Crippen LogP contribution in [0.1, 0.15) is 57.4 Å². The minimum atomic E-state index is -1.15. The number of fused-ring (bicyclic) bond motifs is 1. The molecule has 1 N–H and O–H groups in total. The van der Waals surface area contributed by atoms with Gasteiger partial charge in [-0.2, -0.15) is 0 Å². The Kier molecular flexibility index (Phi) is 9.72. The highest BCUT2D eigenvalue weighted by Crippen LogP contribution is 2.53. The predicted octanol–water partition coefficient (Wildman–Crippen LogP) is 3.59. The average molecular weight is 487 g/mol. The fraction of sp³-hybridized carbons (Fsp3) is 0.593. The zero-order chi connectivity index (χ0) is 25.3. The van der Waals surface area contributed by atoms with Crippen molar-refractivity contribution >= 4 is 17.8 Å². The largest absolute Gasteiger partial charge is 0.497 e. The fourth-order valence-electron chi connectivity index (χ4n) is 5.14. The number of carbonyl (C=O) groups excluding carboxylic acids is 3. The fourth-order valence-corrected chi connectivity index (χ4v) is 5.14. The Bertz CT molecular complexity index is 913. The van der Waals surface area contributed by atoms with E-state index in [0.717, 1.165) is 37.0 Å². The van der Waals surface area contributed by atoms with Gasteiger partial charge >= 0.3 is 5.97 Å². The number of benzene rings is 1. The van der Waals surface area contributed by atoms with Gasteiger partial charge in [-0.15, -0.1) is 0 Å². The second-order valence-electron chi connectivity index (χ2n) is 9.11. The Labute approximate surface area is 208 Å². The van der Waals surface area contributed by atoms with Crippen molar-refractivity contribution in [2.75, 3.05) is 34.0 Å². The number of rotatable bonds is 11. The maximum Gasteiger partial charge on any atom is 0.318 e. The molecule has 2 aliphatic rings. The molecule has 3 rings (SSSR count). The van der Waals surface area contributed by atoms with Crippen molar-refractivity contribution < 1.29 is 28.6 Å². The highest BCUT2D eigenvalue weighted by atomic mass is 16.5. The molecule has 8 nitrogen and oxygen atoms in total. The summed E-state index contributed by atoms with van der Waals surface area (Å²) in [5.41, 5.74) is 0.460. The predicted molar refractivity (Wildman–Crippen MR) is 131 cm³/mol. The van der Waals surface area contributed by atoms with E-state index in [0.29, 0.717) is 38.2 Å². The number of carbonyl (C=O) groups is 3. The van der Waals surface area contributed by atoms with E-state index in [4.69, 9.17) is 14.2 Å². The van der Waals surface area contributed by atoms with Gasteiger partial charge in [-0.25, -0.2) is 0 Å². The summed E-state index contributed by atoms with van der Waals surface area (Å²) in [5.74, 6) is -0.914. The van der Waals surface area contributed by atoms with E-state index in [1.165, 1.54) is 0 Å². The van der Waals surface area contributed by atoms with Crippen LogP contribution in [0.5, 0.6) is 5.75 Å². The molecule has 0 spiro atoms. The molecule has 1 aromatic rings. The average Bonchev–Trinajstić information content (AvgIpc) is 3.04. The molecule has 0 radical (unpaired) electrons. The maximum absolute atomic E-state index is 13.9. The Balaban J connectivity index is 1.96. The van der Waals surface area contributed by atoms with Gasteiger partial charge in [-0.1, -0.05) is 31.1 Å². The van der Waals surface area contributed by atoms with Crippen LogP contribution in [0.3, 0.4) is 0 Å². The van der Waals surface area contributed by atoms with Gasteiger partial charge < -0.3 is 24.4 Å². The SMILES string of the molecule is CCOC(=O)[C@]12CCCCC/C=C\1N(Cc1ccc(OC)cc1)C(=O)[C@H]2CC(=O)NCCCOC. The van der Waals surface area contributed by atoms with E-state index >= 15 is 0 Å². The van der Waals surface area contributed by atoms with Gasteiger partial charge in [-0.3, -0.25) is 14.4 Å². The van der Waals surface area contributed by atoms with E-state index in [2.05, 4.69) is 5.32 Å². The Morgan fingerprint density at radius 3 is 2.60 bits per heavy atom. The van der Waals surface area contributed by atoms with Crippen molar-refractivity contribution in [3.05, 3.63) is 41.6 Å². The molecule has 0 saturated carbocycles. The first-order valence-electron chi connectivity index (χ1n) is 12.6. The molecule has 8 heteroatoms. The lowest BCUT2D eigenvalue weighted by atomic mass is 9.69. The molecule has 1 aliphatic carbocycles. The second-order valence-corrected chi connectivity index (χ2v) is 9.11. The Hall–Kier alpha value is -2.87. The molecule has 1 aromatic carbocycles. The zero-order valence-electron chi connectivity index (χ0n) is 21.1. The third-order valence-corrected chi connectivity index (χ3v) is 6.90. The van der Waals surface area contributed by atoms with Crippen molar-refractivity contribution in [2.24, 2.45) is 11.3 Å². The number of esters is 1. The molecule has 1 heterocycles. The first-order valence-corrected chi connectivity index (χ1v) is 12.6. The van der Waals surface area contributed by atoms with Gasteiger partial charge in [0.2, 0.25) is 11.8 Å². The van der Waals surface area contributed by atoms with Gasteiger partial charge in [0.25, 0.3) is 0 Å². The van der Waals surface area contributed by atoms with Gasteiger partial charge in [-0.05, 0) is 50.3 Å². The summed E-state index contributed by atoms with van der Waals surface area (Å²) in [4.78, 5) is 42.1. The summed E-state index contributed by atoms with van der Waals surface area (Å²) < 4.78 is 15.9. The van der Waals surface area contributed by atoms with Crippen LogP contribution < -0.4 is 10.1 Å². The second kappa shape index (κ2) is 12.7. The highest BCUT2D eigenvalue weighted by molar-refractivity contribution is 5.98. The Morgan fingerprint density at radius 1 is 1.14 bits per heavy atom. The van der Waals surface area contributed by atoms with Crippen molar-refractivity contribution in [3.8, 4) is 5.75 Å². The molecule has 35 heavy (non-hydrogen) atoms. The van der Waals surface area contributed by atoms with E-state index in [1.54, 1.807) is 26.0 Å². The monoisotopic (exact) mass is 486 g/mol. The lowest BCUT2D eigenvalue weighted by molar-refractivity contribution is -0.158. The smallest absolute Gasteiger partial charge is 0.318 e. The van der Waals surface area contributed by atoms with Gasteiger partial charge in [0, 0.05) is 32.4 Å². The number of likely N-dealkylation sites (tertiary alicyclic amines) is 1. The zero-order valence-corrected chi connectivity index (χ0v) is 21.1. The van der Waals surface area contributed by atoms with E-state index in [1.807, 2.05) is 30.3 Å². The third-order valence-electron chi connectivity index (χ3n) is 6.90. The van der Waals surface area contributed by atoms with E-state index in [9.17, 15) is 14.4 Å². The van der Waals surface area contributed by atoms with Crippen molar-refractivity contribution in [1.82, 2.24) is 10.2 Å². The topological polar surface area (TPSA) is 94.2 Å². The molecule has 0 bridgehead atoms. The van der Waals surface area contributed by atoms with Crippen LogP contribution >= 0.6 is 0 Å². The molecular formula is C27H38N2O6. The molecule has 2 atom stereocenters. The highest BCUT2D eigenvalue weighted by Gasteiger charge is 2.61. The van der Waals surface area contributed by atoms with E-state index in [-0.39, 0.29) is 24.8 Å². The molecular weight excluding hydrogens is 448 g/mol. The van der Waals surface area contributed by atoms with Gasteiger partial charge in [0.05, 0.1) is 26.2 Å². The summed E-state index contributed by atoms with van der Waals surface area (Å²) in [6, 6.07) is 7.53. The lowest BCUT2D eigenvalue weighted by Gasteiger charge is -2.34. The Morgan fingerprint density at radius 2 is 1.91 bits per heavy atom. The number of allylic oxidation sites excluding steroid dienone is 1. The van der Waals surface area contributed by atoms with Crippen LogP contribution in [0.15, 0.2) is 36.0 Å². The van der Waals surface area contributed by atoms with Crippen LogP contribution in [0.25, 0.3) is 0 Å². The maximum atomic E-state index is 13.9. The normalized spacial score (nSPS) is 23.5. The van der Waals surface area contributed by atoms with Gasteiger partial charge in [0.1, 0.15) is 11.2 Å². The number of nitrogens with zero attached hydrogens (tertiary/aromatic N) is 1. The quantitative estimate of drug-likeness (QED) is 0.379. The van der Waals surface area contributed by atoms with Crippen LogP contribution in [0, 0.1) is 11.3 Å². The van der Waals surface area contributed by atoms with E-state index < -0.39 is 17.3 Å². The summed E-state index contributed by atoms with van der Waals surface area (Å²) >= 11 is 0. The van der Waals surface area contributed by atoms with Crippen LogP contribution in [-0.2, 0) is 30.4 Å². The number of hydrogen-bond acceptors (Lipinski definition) is 6. The van der Waals surface area contributed by atoms with Gasteiger partial charge in [0.15, 0.2) is 0 Å². The minimum absolute atomic E-state index is 0.0545. The minimum Gasteiger partial charge on any atom is -0.497 e. The number of nitrogens with one attached hydrogen (secondary N) is 1. The first kappa shape index (κ1) is 26.7. The molecule has 1 fully saturated rings. The number of amides is 2. The van der Waals surface area contributed by atoms with Crippen molar-refractivity contribution in [1.29, 1.82) is 0 Å². The van der Waals surface area contributed by atoms with Crippen molar-refractivity contribution in [3.63, 3.8) is 0 Å². The first-order chi connectivity index (χ1) is 17.0.